The van der Waals surface area contributed by atoms with E-state index >= 15 is 0 Å². The van der Waals surface area contributed by atoms with Crippen LogP contribution in [0, 0.1) is 12.3 Å². The Morgan fingerprint density at radius 3 is 2.87 bits per heavy atom. The van der Waals surface area contributed by atoms with Gasteiger partial charge in [-0.1, -0.05) is 32.0 Å². The maximum atomic E-state index is 12.9. The van der Waals surface area contributed by atoms with Crippen LogP contribution in [0.1, 0.15) is 48.7 Å². The van der Waals surface area contributed by atoms with Crippen LogP contribution in [0.2, 0.25) is 0 Å². The highest BCUT2D eigenvalue weighted by Gasteiger charge is 2.36. The van der Waals surface area contributed by atoms with Crippen LogP contribution in [0.4, 0.5) is 0 Å². The van der Waals surface area contributed by atoms with E-state index in [-0.39, 0.29) is 23.8 Å². The van der Waals surface area contributed by atoms with Gasteiger partial charge in [-0.05, 0) is 42.4 Å². The highest BCUT2D eigenvalue weighted by molar-refractivity contribution is 5.79. The van der Waals surface area contributed by atoms with Crippen molar-refractivity contribution in [3.05, 3.63) is 71.6 Å². The second-order valence-electron chi connectivity index (χ2n) is 9.05. The average Bonchev–Trinajstić information content (AvgIpc) is 3.34. The van der Waals surface area contributed by atoms with E-state index in [0.717, 1.165) is 29.7 Å². The molecule has 0 radical (unpaired) electrons. The van der Waals surface area contributed by atoms with Crippen molar-refractivity contribution in [1.29, 1.82) is 0 Å². The lowest BCUT2D eigenvalue weighted by Gasteiger charge is -2.36. The number of hydrogen-bond acceptors (Lipinski definition) is 5. The smallest absolute Gasteiger partial charge is 0.252 e. The molecule has 1 amide bonds. The number of amides is 1. The predicted octanol–water partition coefficient (Wildman–Crippen LogP) is 2.99. The number of fused-ring (bicyclic) bond motifs is 2. The summed E-state index contributed by atoms with van der Waals surface area (Å²) in [6, 6.07) is 8.17. The molecule has 4 aromatic rings. The molecular formula is C23H25N7O. The first kappa shape index (κ1) is 19.4. The fourth-order valence-electron chi connectivity index (χ4n) is 4.46. The third kappa shape index (κ3) is 3.69. The van der Waals surface area contributed by atoms with Crippen LogP contribution >= 0.6 is 0 Å². The lowest BCUT2D eigenvalue weighted by Crippen LogP contribution is -2.37. The molecule has 0 fully saturated rings. The third-order valence-corrected chi connectivity index (χ3v) is 5.91. The molecule has 0 unspecified atom stereocenters. The number of benzene rings is 1. The second-order valence-corrected chi connectivity index (χ2v) is 9.05. The van der Waals surface area contributed by atoms with Crippen LogP contribution in [0.5, 0.6) is 0 Å². The monoisotopic (exact) mass is 415 g/mol. The summed E-state index contributed by atoms with van der Waals surface area (Å²) < 4.78 is 3.62. The molecular weight excluding hydrogens is 390 g/mol. The van der Waals surface area contributed by atoms with E-state index in [9.17, 15) is 4.79 Å². The van der Waals surface area contributed by atoms with Crippen LogP contribution in [-0.2, 0) is 17.6 Å². The summed E-state index contributed by atoms with van der Waals surface area (Å²) >= 11 is 0. The van der Waals surface area contributed by atoms with Crippen molar-refractivity contribution in [2.75, 3.05) is 0 Å². The van der Waals surface area contributed by atoms with Gasteiger partial charge in [-0.25, -0.2) is 14.2 Å². The lowest BCUT2D eigenvalue weighted by atomic mass is 9.74. The van der Waals surface area contributed by atoms with Gasteiger partial charge in [0.25, 0.3) is 5.78 Å². The number of nitrogens with one attached hydrogen (secondary N) is 1. The van der Waals surface area contributed by atoms with Crippen molar-refractivity contribution < 1.29 is 4.79 Å². The van der Waals surface area contributed by atoms with Crippen molar-refractivity contribution in [3.8, 4) is 5.69 Å². The SMILES string of the molecule is Cc1ccccc1-n1ncc2c1CC(C)(C)C[C@H]2NC(=O)Cc1cnc2ncnn2c1. The Balaban J connectivity index is 1.41. The lowest BCUT2D eigenvalue weighted by molar-refractivity contribution is -0.121. The summed E-state index contributed by atoms with van der Waals surface area (Å²) in [6.45, 7) is 6.58. The summed E-state index contributed by atoms with van der Waals surface area (Å²) in [5.74, 6) is 0.477. The standard InChI is InChI=1S/C23H25N7O/c1-15-6-4-5-7-19(15)30-20-10-23(2,3)9-18(17(20)12-26-30)28-21(31)8-16-11-24-22-25-14-27-29(22)13-16/h4-7,11-14,18H,8-10H2,1-3H3,(H,28,31)/t18-/m1/s1. The Bertz CT molecular complexity index is 1270. The average molecular weight is 416 g/mol. The number of carbonyl (C=O) groups excluding carboxylic acids is 1. The maximum Gasteiger partial charge on any atom is 0.252 e. The van der Waals surface area contributed by atoms with Crippen LogP contribution < -0.4 is 5.32 Å². The molecule has 0 bridgehead atoms. The molecule has 5 rings (SSSR count). The van der Waals surface area contributed by atoms with Gasteiger partial charge in [0.1, 0.15) is 6.33 Å². The summed E-state index contributed by atoms with van der Waals surface area (Å²) in [6.07, 6.45) is 8.84. The van der Waals surface area contributed by atoms with Gasteiger partial charge in [-0.2, -0.15) is 15.2 Å². The van der Waals surface area contributed by atoms with E-state index in [1.807, 2.05) is 23.0 Å². The van der Waals surface area contributed by atoms with E-state index in [1.165, 1.54) is 17.6 Å². The highest BCUT2D eigenvalue weighted by atomic mass is 16.1. The molecule has 0 saturated heterocycles. The molecule has 3 heterocycles. The van der Waals surface area contributed by atoms with E-state index in [2.05, 4.69) is 53.3 Å². The quantitative estimate of drug-likeness (QED) is 0.553. The molecule has 8 nitrogen and oxygen atoms in total. The topological polar surface area (TPSA) is 90.0 Å². The number of carbonyl (C=O) groups is 1. The van der Waals surface area contributed by atoms with Gasteiger partial charge in [0.2, 0.25) is 5.91 Å². The molecule has 1 aliphatic carbocycles. The van der Waals surface area contributed by atoms with Crippen molar-refractivity contribution in [1.82, 2.24) is 34.7 Å². The Kier molecular flexibility index (Phi) is 4.57. The Labute approximate surface area is 180 Å². The zero-order valence-electron chi connectivity index (χ0n) is 17.9. The molecule has 31 heavy (non-hydrogen) atoms. The highest BCUT2D eigenvalue weighted by Crippen LogP contribution is 2.41. The van der Waals surface area contributed by atoms with Crippen molar-refractivity contribution in [3.63, 3.8) is 0 Å². The van der Waals surface area contributed by atoms with Crippen molar-refractivity contribution in [2.24, 2.45) is 5.41 Å². The molecule has 0 aliphatic heterocycles. The number of aryl methyl sites for hydroxylation is 1. The zero-order valence-corrected chi connectivity index (χ0v) is 17.9. The minimum atomic E-state index is -0.0768. The Hall–Kier alpha value is -3.55. The minimum Gasteiger partial charge on any atom is -0.349 e. The number of aromatic nitrogens is 6. The van der Waals surface area contributed by atoms with Gasteiger partial charge >= 0.3 is 0 Å². The molecule has 1 aliphatic rings. The second kappa shape index (κ2) is 7.30. The molecule has 1 atom stereocenters. The summed E-state index contributed by atoms with van der Waals surface area (Å²) in [5.41, 5.74) is 5.36. The summed E-state index contributed by atoms with van der Waals surface area (Å²) in [7, 11) is 0. The molecule has 0 saturated carbocycles. The van der Waals surface area contributed by atoms with Gasteiger partial charge in [0, 0.05) is 18.0 Å². The fraction of sp³-hybridized carbons (Fsp3) is 0.348. The van der Waals surface area contributed by atoms with Crippen LogP contribution in [0.25, 0.3) is 11.5 Å². The zero-order chi connectivity index (χ0) is 21.6. The predicted molar refractivity (Wildman–Crippen MR) is 116 cm³/mol. The first-order chi connectivity index (χ1) is 14.9. The van der Waals surface area contributed by atoms with Crippen molar-refractivity contribution in [2.45, 2.75) is 46.1 Å². The van der Waals surface area contributed by atoms with Crippen LogP contribution in [0.15, 0.2) is 49.2 Å². The molecule has 0 spiro atoms. The maximum absolute atomic E-state index is 12.9. The van der Waals surface area contributed by atoms with Gasteiger partial charge < -0.3 is 5.32 Å². The fourth-order valence-corrected chi connectivity index (χ4v) is 4.46. The molecule has 1 N–H and O–H groups in total. The number of nitrogens with zero attached hydrogens (tertiary/aromatic N) is 6. The number of para-hydroxylation sites is 1. The van der Waals surface area contributed by atoms with E-state index in [0.29, 0.717) is 5.78 Å². The molecule has 158 valence electrons. The number of hydrogen-bond donors (Lipinski definition) is 1. The van der Waals surface area contributed by atoms with E-state index in [4.69, 9.17) is 5.10 Å². The minimum absolute atomic E-state index is 0.0430. The van der Waals surface area contributed by atoms with Gasteiger partial charge in [0.05, 0.1) is 30.0 Å². The Morgan fingerprint density at radius 2 is 2.03 bits per heavy atom. The molecule has 3 aromatic heterocycles. The van der Waals surface area contributed by atoms with Gasteiger partial charge in [-0.15, -0.1) is 0 Å². The molecule has 8 heteroatoms. The van der Waals surface area contributed by atoms with Crippen LogP contribution in [-0.4, -0.2) is 35.3 Å². The van der Waals surface area contributed by atoms with Crippen molar-refractivity contribution >= 4 is 11.7 Å². The summed E-state index contributed by atoms with van der Waals surface area (Å²) in [4.78, 5) is 21.2. The van der Waals surface area contributed by atoms with Crippen LogP contribution in [0.3, 0.4) is 0 Å². The Morgan fingerprint density at radius 1 is 1.19 bits per heavy atom. The first-order valence-electron chi connectivity index (χ1n) is 10.5. The number of rotatable bonds is 4. The normalized spacial score (nSPS) is 17.5. The first-order valence-corrected chi connectivity index (χ1v) is 10.5. The van der Waals surface area contributed by atoms with Gasteiger partial charge in [-0.3, -0.25) is 4.79 Å². The van der Waals surface area contributed by atoms with E-state index in [1.54, 1.807) is 16.9 Å². The molecule has 1 aromatic carbocycles. The van der Waals surface area contributed by atoms with E-state index < -0.39 is 0 Å². The largest absolute Gasteiger partial charge is 0.349 e. The third-order valence-electron chi connectivity index (χ3n) is 5.91. The summed E-state index contributed by atoms with van der Waals surface area (Å²) in [5, 5.41) is 12.0. The van der Waals surface area contributed by atoms with Gasteiger partial charge in [0.15, 0.2) is 0 Å².